The summed E-state index contributed by atoms with van der Waals surface area (Å²) in [4.78, 5) is 0. The van der Waals surface area contributed by atoms with Crippen molar-refractivity contribution < 1.29 is 4.42 Å². The summed E-state index contributed by atoms with van der Waals surface area (Å²) in [6.07, 6.45) is 12.4. The molecule has 1 aromatic heterocycles. The van der Waals surface area contributed by atoms with Crippen LogP contribution >= 0.6 is 0 Å². The SMILES string of the molecule is C1=C/c2occc2CCCCC/1. The molecule has 0 spiro atoms. The first-order chi connectivity index (χ1) is 5.97. The molecule has 0 aromatic carbocycles. The highest BCUT2D eigenvalue weighted by Gasteiger charge is 2.03. The van der Waals surface area contributed by atoms with Gasteiger partial charge >= 0.3 is 0 Å². The Hall–Kier alpha value is -0.980. The molecule has 0 atom stereocenters. The van der Waals surface area contributed by atoms with Crippen molar-refractivity contribution >= 4 is 6.08 Å². The summed E-state index contributed by atoms with van der Waals surface area (Å²) in [5.74, 6) is 1.07. The minimum atomic E-state index is 1.07. The van der Waals surface area contributed by atoms with Gasteiger partial charge in [0.15, 0.2) is 0 Å². The van der Waals surface area contributed by atoms with Gasteiger partial charge in [-0.2, -0.15) is 0 Å². The van der Waals surface area contributed by atoms with Crippen molar-refractivity contribution in [2.75, 3.05) is 0 Å². The molecule has 0 amide bonds. The number of allylic oxidation sites excluding steroid dienone is 1. The van der Waals surface area contributed by atoms with Gasteiger partial charge in [-0.15, -0.1) is 0 Å². The van der Waals surface area contributed by atoms with E-state index in [1.54, 1.807) is 6.26 Å². The van der Waals surface area contributed by atoms with Gasteiger partial charge in [-0.1, -0.05) is 12.5 Å². The molecule has 0 unspecified atom stereocenters. The lowest BCUT2D eigenvalue weighted by Crippen LogP contribution is -1.83. The average molecular weight is 162 g/mol. The van der Waals surface area contributed by atoms with Gasteiger partial charge in [-0.3, -0.25) is 0 Å². The molecule has 0 aliphatic heterocycles. The topological polar surface area (TPSA) is 13.1 Å². The highest BCUT2D eigenvalue weighted by molar-refractivity contribution is 5.47. The van der Waals surface area contributed by atoms with E-state index in [1.165, 1.54) is 37.7 Å². The Kier molecular flexibility index (Phi) is 2.31. The van der Waals surface area contributed by atoms with E-state index in [0.717, 1.165) is 5.76 Å². The van der Waals surface area contributed by atoms with Gasteiger partial charge < -0.3 is 4.42 Å². The van der Waals surface area contributed by atoms with E-state index in [-0.39, 0.29) is 0 Å². The van der Waals surface area contributed by atoms with E-state index in [9.17, 15) is 0 Å². The molecular formula is C11H14O. The third-order valence-electron chi connectivity index (χ3n) is 2.37. The molecule has 0 fully saturated rings. The lowest BCUT2D eigenvalue weighted by atomic mass is 10.1. The Balaban J connectivity index is 2.22. The highest BCUT2D eigenvalue weighted by Crippen LogP contribution is 2.18. The third-order valence-corrected chi connectivity index (χ3v) is 2.37. The number of furan rings is 1. The molecule has 0 saturated heterocycles. The molecule has 0 saturated carbocycles. The molecule has 0 bridgehead atoms. The van der Waals surface area contributed by atoms with Crippen LogP contribution in [0.5, 0.6) is 0 Å². The van der Waals surface area contributed by atoms with E-state index in [4.69, 9.17) is 4.42 Å². The zero-order chi connectivity index (χ0) is 8.23. The van der Waals surface area contributed by atoms with Gasteiger partial charge in [-0.05, 0) is 43.4 Å². The summed E-state index contributed by atoms with van der Waals surface area (Å²) < 4.78 is 5.36. The normalized spacial score (nSPS) is 20.3. The Morgan fingerprint density at radius 2 is 2.17 bits per heavy atom. The van der Waals surface area contributed by atoms with Crippen molar-refractivity contribution in [2.24, 2.45) is 0 Å². The molecule has 12 heavy (non-hydrogen) atoms. The second-order valence-electron chi connectivity index (χ2n) is 3.31. The number of hydrogen-bond donors (Lipinski definition) is 0. The van der Waals surface area contributed by atoms with Gasteiger partial charge in [0, 0.05) is 0 Å². The van der Waals surface area contributed by atoms with E-state index in [1.807, 2.05) is 0 Å². The van der Waals surface area contributed by atoms with Crippen LogP contribution in [-0.4, -0.2) is 0 Å². The number of rotatable bonds is 0. The monoisotopic (exact) mass is 162 g/mol. The second-order valence-corrected chi connectivity index (χ2v) is 3.31. The lowest BCUT2D eigenvalue weighted by Gasteiger charge is -1.96. The zero-order valence-electron chi connectivity index (χ0n) is 7.25. The number of aryl methyl sites for hydroxylation is 1. The first-order valence-electron chi connectivity index (χ1n) is 4.70. The largest absolute Gasteiger partial charge is 0.465 e. The highest BCUT2D eigenvalue weighted by atomic mass is 16.3. The zero-order valence-corrected chi connectivity index (χ0v) is 7.25. The van der Waals surface area contributed by atoms with Gasteiger partial charge in [-0.25, -0.2) is 0 Å². The van der Waals surface area contributed by atoms with Crippen LogP contribution in [-0.2, 0) is 6.42 Å². The summed E-state index contributed by atoms with van der Waals surface area (Å²) in [5, 5.41) is 0. The molecule has 1 aliphatic carbocycles. The molecule has 1 nitrogen and oxygen atoms in total. The van der Waals surface area contributed by atoms with Crippen molar-refractivity contribution in [2.45, 2.75) is 32.1 Å². The fourth-order valence-corrected chi connectivity index (χ4v) is 1.64. The van der Waals surface area contributed by atoms with E-state index < -0.39 is 0 Å². The fourth-order valence-electron chi connectivity index (χ4n) is 1.64. The van der Waals surface area contributed by atoms with Crippen LogP contribution in [0, 0.1) is 0 Å². The molecule has 1 aliphatic rings. The maximum atomic E-state index is 5.36. The predicted octanol–water partition coefficient (Wildman–Crippen LogP) is 3.41. The Morgan fingerprint density at radius 1 is 1.17 bits per heavy atom. The average Bonchev–Trinajstić information content (AvgIpc) is 2.50. The Labute approximate surface area is 73.1 Å². The summed E-state index contributed by atoms with van der Waals surface area (Å²) in [5.41, 5.74) is 1.37. The molecule has 1 aromatic rings. The van der Waals surface area contributed by atoms with Crippen molar-refractivity contribution in [3.63, 3.8) is 0 Å². The van der Waals surface area contributed by atoms with E-state index in [2.05, 4.69) is 18.2 Å². The van der Waals surface area contributed by atoms with Crippen LogP contribution < -0.4 is 0 Å². The Morgan fingerprint density at radius 3 is 3.17 bits per heavy atom. The fraction of sp³-hybridized carbons (Fsp3) is 0.455. The summed E-state index contributed by atoms with van der Waals surface area (Å²) >= 11 is 0. The van der Waals surface area contributed by atoms with Crippen LogP contribution in [0.3, 0.4) is 0 Å². The molecule has 64 valence electrons. The van der Waals surface area contributed by atoms with Crippen molar-refractivity contribution in [1.82, 2.24) is 0 Å². The quantitative estimate of drug-likeness (QED) is 0.569. The maximum Gasteiger partial charge on any atom is 0.129 e. The summed E-state index contributed by atoms with van der Waals surface area (Å²) in [7, 11) is 0. The lowest BCUT2D eigenvalue weighted by molar-refractivity contribution is 0.552. The smallest absolute Gasteiger partial charge is 0.129 e. The van der Waals surface area contributed by atoms with Gasteiger partial charge in [0.25, 0.3) is 0 Å². The van der Waals surface area contributed by atoms with Gasteiger partial charge in [0.05, 0.1) is 6.26 Å². The van der Waals surface area contributed by atoms with Gasteiger partial charge in [0.2, 0.25) is 0 Å². The standard InChI is InChI=1S/C11H14O/c1-2-4-6-10-8-9-12-11(10)7-5-3-1/h5,7-9H,1-4,6H2/b7-5+. The van der Waals surface area contributed by atoms with Crippen LogP contribution in [0.2, 0.25) is 0 Å². The third kappa shape index (κ3) is 1.60. The minimum Gasteiger partial charge on any atom is -0.465 e. The molecule has 1 heterocycles. The van der Waals surface area contributed by atoms with Crippen LogP contribution in [0.1, 0.15) is 37.0 Å². The van der Waals surface area contributed by atoms with E-state index in [0.29, 0.717) is 0 Å². The van der Waals surface area contributed by atoms with Gasteiger partial charge in [0.1, 0.15) is 5.76 Å². The molecular weight excluding hydrogens is 148 g/mol. The molecule has 2 rings (SSSR count). The Bertz CT molecular complexity index is 270. The number of hydrogen-bond acceptors (Lipinski definition) is 1. The maximum absolute atomic E-state index is 5.36. The summed E-state index contributed by atoms with van der Waals surface area (Å²) in [6, 6.07) is 2.09. The first-order valence-corrected chi connectivity index (χ1v) is 4.70. The van der Waals surface area contributed by atoms with Crippen LogP contribution in [0.4, 0.5) is 0 Å². The van der Waals surface area contributed by atoms with E-state index >= 15 is 0 Å². The van der Waals surface area contributed by atoms with Crippen LogP contribution in [0.15, 0.2) is 22.8 Å². The number of fused-ring (bicyclic) bond motifs is 1. The first kappa shape index (κ1) is 7.66. The summed E-state index contributed by atoms with van der Waals surface area (Å²) in [6.45, 7) is 0. The second kappa shape index (κ2) is 3.61. The van der Waals surface area contributed by atoms with Crippen molar-refractivity contribution in [3.05, 3.63) is 29.7 Å². The van der Waals surface area contributed by atoms with Crippen molar-refractivity contribution in [3.8, 4) is 0 Å². The molecule has 0 radical (unpaired) electrons. The predicted molar refractivity (Wildman–Crippen MR) is 49.9 cm³/mol. The molecule has 1 heteroatoms. The molecule has 0 N–H and O–H groups in total. The van der Waals surface area contributed by atoms with Crippen molar-refractivity contribution in [1.29, 1.82) is 0 Å². The van der Waals surface area contributed by atoms with Crippen LogP contribution in [0.25, 0.3) is 6.08 Å². The minimum absolute atomic E-state index is 1.07.